The summed E-state index contributed by atoms with van der Waals surface area (Å²) in [5.74, 6) is 0.450. The minimum atomic E-state index is -1.48. The Labute approximate surface area is 135 Å². The highest BCUT2D eigenvalue weighted by atomic mass is 16.3. The zero-order valence-electron chi connectivity index (χ0n) is 12.7. The molecule has 5 nitrogen and oxygen atoms in total. The number of nitrogens with one attached hydrogen (secondary N) is 2. The van der Waals surface area contributed by atoms with Gasteiger partial charge in [-0.1, -0.05) is 30.4 Å². The summed E-state index contributed by atoms with van der Waals surface area (Å²) in [5.41, 5.74) is 5.70. The number of nitrogens with zero attached hydrogens (tertiary/aromatic N) is 2. The minimum absolute atomic E-state index is 0.450. The molecule has 116 valence electrons. The van der Waals surface area contributed by atoms with Gasteiger partial charge >= 0.3 is 0 Å². The fourth-order valence-electron chi connectivity index (χ4n) is 3.43. The van der Waals surface area contributed by atoms with Crippen LogP contribution < -0.4 is 10.9 Å². The number of hydrogen-bond acceptors (Lipinski definition) is 5. The van der Waals surface area contributed by atoms with Crippen LogP contribution in [0.3, 0.4) is 0 Å². The molecule has 3 aliphatic rings. The first-order chi connectivity index (χ1) is 11.2. The van der Waals surface area contributed by atoms with E-state index in [9.17, 15) is 10.4 Å². The SMILES string of the molecule is N#CC1(C2=CNNC2(O)c2ncccc2C2CC2)C=CC=CC1. The lowest BCUT2D eigenvalue weighted by molar-refractivity contribution is 0.0253. The molecule has 0 radical (unpaired) electrons. The van der Waals surface area contributed by atoms with E-state index in [1.54, 1.807) is 12.4 Å². The van der Waals surface area contributed by atoms with Gasteiger partial charge in [0, 0.05) is 18.0 Å². The van der Waals surface area contributed by atoms with E-state index in [0.29, 0.717) is 23.6 Å². The van der Waals surface area contributed by atoms with Gasteiger partial charge in [-0.15, -0.1) is 0 Å². The smallest absolute Gasteiger partial charge is 0.202 e. The molecule has 3 N–H and O–H groups in total. The van der Waals surface area contributed by atoms with Gasteiger partial charge in [-0.25, -0.2) is 0 Å². The first kappa shape index (κ1) is 14.2. The zero-order chi connectivity index (χ0) is 15.9. The van der Waals surface area contributed by atoms with E-state index in [-0.39, 0.29) is 0 Å². The van der Waals surface area contributed by atoms with Gasteiger partial charge in [0.05, 0.1) is 11.8 Å². The molecule has 4 rings (SSSR count). The van der Waals surface area contributed by atoms with Crippen LogP contribution >= 0.6 is 0 Å². The second kappa shape index (κ2) is 5.05. The van der Waals surface area contributed by atoms with Gasteiger partial charge in [0.25, 0.3) is 0 Å². The molecular formula is C18H18N4O. The van der Waals surface area contributed by atoms with Crippen molar-refractivity contribution < 1.29 is 5.11 Å². The fourth-order valence-corrected chi connectivity index (χ4v) is 3.43. The Morgan fingerprint density at radius 2 is 2.22 bits per heavy atom. The van der Waals surface area contributed by atoms with Crippen molar-refractivity contribution in [3.05, 3.63) is 65.7 Å². The fraction of sp³-hybridized carbons (Fsp3) is 0.333. The molecule has 1 aliphatic heterocycles. The van der Waals surface area contributed by atoms with Crippen molar-refractivity contribution >= 4 is 0 Å². The van der Waals surface area contributed by atoms with Crippen molar-refractivity contribution in [3.8, 4) is 6.07 Å². The molecule has 2 atom stereocenters. The van der Waals surface area contributed by atoms with Crippen molar-refractivity contribution in [2.24, 2.45) is 5.41 Å². The van der Waals surface area contributed by atoms with Gasteiger partial charge in [0.15, 0.2) is 0 Å². The molecule has 2 aliphatic carbocycles. The van der Waals surface area contributed by atoms with Crippen molar-refractivity contribution in [3.63, 3.8) is 0 Å². The van der Waals surface area contributed by atoms with Gasteiger partial charge in [-0.2, -0.15) is 10.7 Å². The maximum absolute atomic E-state index is 11.4. The van der Waals surface area contributed by atoms with Crippen molar-refractivity contribution in [2.45, 2.75) is 30.9 Å². The first-order valence-electron chi connectivity index (χ1n) is 7.87. The normalized spacial score (nSPS) is 32.3. The lowest BCUT2D eigenvalue weighted by Gasteiger charge is -2.35. The molecule has 5 heteroatoms. The summed E-state index contributed by atoms with van der Waals surface area (Å²) in [4.78, 5) is 4.46. The number of pyridine rings is 1. The molecule has 2 unspecified atom stereocenters. The van der Waals surface area contributed by atoms with E-state index in [1.165, 1.54) is 0 Å². The minimum Gasteiger partial charge on any atom is -0.365 e. The number of allylic oxidation sites excluding steroid dienone is 4. The monoisotopic (exact) mass is 306 g/mol. The molecule has 0 aromatic carbocycles. The number of aliphatic hydroxyl groups is 1. The van der Waals surface area contributed by atoms with Gasteiger partial charge in [0.2, 0.25) is 5.72 Å². The van der Waals surface area contributed by atoms with Gasteiger partial charge in [-0.3, -0.25) is 4.98 Å². The standard InChI is InChI=1S/C18H18N4O/c19-12-17(8-2-1-3-9-17)15-11-21-22-18(15,23)16-14(13-6-7-13)5-4-10-20-16/h1-5,8,10-11,13,21-23H,6-7,9H2. The van der Waals surface area contributed by atoms with Crippen LogP contribution in [-0.4, -0.2) is 10.1 Å². The van der Waals surface area contributed by atoms with Crippen LogP contribution in [0.25, 0.3) is 0 Å². The van der Waals surface area contributed by atoms with Gasteiger partial charge in [0.1, 0.15) is 5.41 Å². The number of nitriles is 1. The third-order valence-electron chi connectivity index (χ3n) is 4.81. The van der Waals surface area contributed by atoms with E-state index in [0.717, 1.165) is 18.4 Å². The van der Waals surface area contributed by atoms with Crippen LogP contribution in [0.5, 0.6) is 0 Å². The van der Waals surface area contributed by atoms with Crippen LogP contribution in [0.4, 0.5) is 0 Å². The Morgan fingerprint density at radius 1 is 1.35 bits per heavy atom. The highest BCUT2D eigenvalue weighted by Gasteiger charge is 2.50. The number of hydrogen-bond donors (Lipinski definition) is 3. The highest BCUT2D eigenvalue weighted by Crippen LogP contribution is 2.49. The third kappa shape index (κ3) is 2.11. The molecule has 1 fully saturated rings. The van der Waals surface area contributed by atoms with E-state index in [4.69, 9.17) is 0 Å². The maximum atomic E-state index is 11.4. The van der Waals surface area contributed by atoms with Crippen LogP contribution in [0, 0.1) is 16.7 Å². The summed E-state index contributed by atoms with van der Waals surface area (Å²) in [7, 11) is 0. The molecule has 0 amide bonds. The average molecular weight is 306 g/mol. The van der Waals surface area contributed by atoms with E-state index in [1.807, 2.05) is 36.4 Å². The van der Waals surface area contributed by atoms with E-state index >= 15 is 0 Å². The number of aromatic nitrogens is 1. The van der Waals surface area contributed by atoms with Crippen LogP contribution in [0.15, 0.2) is 54.4 Å². The predicted molar refractivity (Wildman–Crippen MR) is 85.4 cm³/mol. The van der Waals surface area contributed by atoms with Crippen LogP contribution in [-0.2, 0) is 5.72 Å². The Balaban J connectivity index is 1.82. The summed E-state index contributed by atoms with van der Waals surface area (Å²) in [5, 5.41) is 21.2. The number of hydrazine groups is 1. The van der Waals surface area contributed by atoms with Gasteiger partial charge in [-0.05, 0) is 36.8 Å². The Hall–Kier alpha value is -2.42. The molecule has 0 saturated heterocycles. The molecule has 2 heterocycles. The van der Waals surface area contributed by atoms with Gasteiger partial charge < -0.3 is 10.5 Å². The lowest BCUT2D eigenvalue weighted by atomic mass is 9.71. The van der Waals surface area contributed by atoms with E-state index < -0.39 is 11.1 Å². The Bertz CT molecular complexity index is 771. The number of rotatable bonds is 3. The van der Waals surface area contributed by atoms with E-state index in [2.05, 4.69) is 21.9 Å². The highest BCUT2D eigenvalue weighted by molar-refractivity contribution is 5.47. The zero-order valence-corrected chi connectivity index (χ0v) is 12.7. The summed E-state index contributed by atoms with van der Waals surface area (Å²) in [6.07, 6.45) is 13.7. The summed E-state index contributed by atoms with van der Waals surface area (Å²) < 4.78 is 0. The summed E-state index contributed by atoms with van der Waals surface area (Å²) in [6, 6.07) is 6.29. The molecule has 1 saturated carbocycles. The molecule has 0 bridgehead atoms. The van der Waals surface area contributed by atoms with Crippen molar-refractivity contribution in [2.75, 3.05) is 0 Å². The molecule has 0 spiro atoms. The molecular weight excluding hydrogens is 288 g/mol. The molecule has 23 heavy (non-hydrogen) atoms. The first-order valence-corrected chi connectivity index (χ1v) is 7.87. The molecule has 1 aromatic rings. The second-order valence-electron chi connectivity index (χ2n) is 6.33. The topological polar surface area (TPSA) is 81.0 Å². The van der Waals surface area contributed by atoms with Crippen LogP contribution in [0.2, 0.25) is 0 Å². The largest absolute Gasteiger partial charge is 0.365 e. The third-order valence-corrected chi connectivity index (χ3v) is 4.81. The predicted octanol–water partition coefficient (Wildman–Crippen LogP) is 2.12. The second-order valence-corrected chi connectivity index (χ2v) is 6.33. The summed E-state index contributed by atoms with van der Waals surface area (Å²) >= 11 is 0. The maximum Gasteiger partial charge on any atom is 0.202 e. The van der Waals surface area contributed by atoms with Crippen molar-refractivity contribution in [1.82, 2.24) is 15.8 Å². The Morgan fingerprint density at radius 3 is 2.91 bits per heavy atom. The van der Waals surface area contributed by atoms with Crippen molar-refractivity contribution in [1.29, 1.82) is 5.26 Å². The quantitative estimate of drug-likeness (QED) is 0.797. The molecule has 1 aromatic heterocycles. The lowest BCUT2D eigenvalue weighted by Crippen LogP contribution is -2.48. The Kier molecular flexibility index (Phi) is 3.12. The average Bonchev–Trinajstić information content (AvgIpc) is 3.37. The summed E-state index contributed by atoms with van der Waals surface area (Å²) in [6.45, 7) is 0. The van der Waals surface area contributed by atoms with Crippen LogP contribution in [0.1, 0.15) is 36.4 Å².